The molecular weight excluding hydrogens is 248 g/mol. The lowest BCUT2D eigenvalue weighted by atomic mass is 10.1. The number of carbonyl (C=O) groups is 1. The van der Waals surface area contributed by atoms with Crippen molar-refractivity contribution < 1.29 is 9.53 Å². The van der Waals surface area contributed by atoms with Gasteiger partial charge in [-0.25, -0.2) is 0 Å². The molecule has 0 amide bonds. The van der Waals surface area contributed by atoms with E-state index in [9.17, 15) is 4.79 Å². The van der Waals surface area contributed by atoms with E-state index in [1.807, 2.05) is 0 Å². The number of halogens is 1. The van der Waals surface area contributed by atoms with Crippen LogP contribution in [0.4, 0.5) is 11.4 Å². The van der Waals surface area contributed by atoms with E-state index in [0.717, 1.165) is 4.47 Å². The highest BCUT2D eigenvalue weighted by molar-refractivity contribution is 9.10. The van der Waals surface area contributed by atoms with Crippen molar-refractivity contribution in [1.82, 2.24) is 0 Å². The van der Waals surface area contributed by atoms with Gasteiger partial charge < -0.3 is 16.2 Å². The van der Waals surface area contributed by atoms with E-state index in [1.165, 1.54) is 7.11 Å². The van der Waals surface area contributed by atoms with Crippen LogP contribution >= 0.6 is 15.9 Å². The molecule has 0 radical (unpaired) electrons. The fraction of sp³-hybridized carbons (Fsp3) is 0.222. The average Bonchev–Trinajstić information content (AvgIpc) is 2.14. The van der Waals surface area contributed by atoms with Crippen molar-refractivity contribution in [2.75, 3.05) is 18.6 Å². The van der Waals surface area contributed by atoms with Gasteiger partial charge in [0.25, 0.3) is 0 Å². The molecule has 0 bridgehead atoms. The normalized spacial score (nSPS) is 9.86. The maximum Gasteiger partial charge on any atom is 0.310 e. The quantitative estimate of drug-likeness (QED) is 0.620. The number of rotatable bonds is 2. The SMILES string of the molecule is COC(=O)Cc1cc(N)c(Br)cc1N. The van der Waals surface area contributed by atoms with Crippen LogP contribution in [0.1, 0.15) is 5.56 Å². The summed E-state index contributed by atoms with van der Waals surface area (Å²) in [6.07, 6.45) is 0.139. The van der Waals surface area contributed by atoms with E-state index in [2.05, 4.69) is 20.7 Å². The molecule has 0 spiro atoms. The van der Waals surface area contributed by atoms with Gasteiger partial charge in [-0.1, -0.05) is 0 Å². The monoisotopic (exact) mass is 258 g/mol. The van der Waals surface area contributed by atoms with Crippen LogP contribution < -0.4 is 11.5 Å². The van der Waals surface area contributed by atoms with Crippen LogP contribution in [0.2, 0.25) is 0 Å². The zero-order valence-corrected chi connectivity index (χ0v) is 9.30. The smallest absolute Gasteiger partial charge is 0.310 e. The second kappa shape index (κ2) is 4.32. The highest BCUT2D eigenvalue weighted by Gasteiger charge is 2.08. The molecule has 0 aliphatic heterocycles. The van der Waals surface area contributed by atoms with Crippen molar-refractivity contribution in [2.45, 2.75) is 6.42 Å². The summed E-state index contributed by atoms with van der Waals surface area (Å²) in [6.45, 7) is 0. The molecule has 4 N–H and O–H groups in total. The molecular formula is C9H11BrN2O2. The maximum atomic E-state index is 11.0. The van der Waals surface area contributed by atoms with Crippen molar-refractivity contribution in [3.8, 4) is 0 Å². The Labute approximate surface area is 90.3 Å². The molecule has 14 heavy (non-hydrogen) atoms. The number of methoxy groups -OCH3 is 1. The third kappa shape index (κ3) is 2.38. The van der Waals surface area contributed by atoms with Gasteiger partial charge in [-0.15, -0.1) is 0 Å². The third-order valence-corrected chi connectivity index (χ3v) is 2.51. The predicted octanol–water partition coefficient (Wildman–Crippen LogP) is 1.33. The van der Waals surface area contributed by atoms with Crippen LogP contribution in [-0.2, 0) is 16.0 Å². The summed E-state index contributed by atoms with van der Waals surface area (Å²) in [6, 6.07) is 3.34. The largest absolute Gasteiger partial charge is 0.469 e. The molecule has 0 saturated heterocycles. The van der Waals surface area contributed by atoms with Gasteiger partial charge in [-0.3, -0.25) is 4.79 Å². The van der Waals surface area contributed by atoms with Crippen molar-refractivity contribution in [3.63, 3.8) is 0 Å². The van der Waals surface area contributed by atoms with Crippen molar-refractivity contribution in [2.24, 2.45) is 0 Å². The predicted molar refractivity (Wildman–Crippen MR) is 58.7 cm³/mol. The summed E-state index contributed by atoms with van der Waals surface area (Å²) < 4.78 is 5.26. The number of carbonyl (C=O) groups excluding carboxylic acids is 1. The zero-order valence-electron chi connectivity index (χ0n) is 7.71. The van der Waals surface area contributed by atoms with Gasteiger partial charge >= 0.3 is 5.97 Å². The van der Waals surface area contributed by atoms with Crippen LogP contribution in [0.5, 0.6) is 0 Å². The molecule has 0 aromatic heterocycles. The average molecular weight is 259 g/mol. The maximum absolute atomic E-state index is 11.0. The molecule has 1 aromatic carbocycles. The Morgan fingerprint density at radius 2 is 2.07 bits per heavy atom. The molecule has 0 saturated carbocycles. The minimum Gasteiger partial charge on any atom is -0.469 e. The standard InChI is InChI=1S/C9H11BrN2O2/c1-14-9(13)3-5-2-8(12)6(10)4-7(5)11/h2,4H,3,11-12H2,1H3. The number of anilines is 2. The van der Waals surface area contributed by atoms with Gasteiger partial charge in [0, 0.05) is 15.8 Å². The number of hydrogen-bond acceptors (Lipinski definition) is 4. The highest BCUT2D eigenvalue weighted by atomic mass is 79.9. The van der Waals surface area contributed by atoms with Gasteiger partial charge in [0.1, 0.15) is 0 Å². The highest BCUT2D eigenvalue weighted by Crippen LogP contribution is 2.26. The Balaban J connectivity index is 2.98. The Bertz CT molecular complexity index is 366. The van der Waals surface area contributed by atoms with E-state index in [4.69, 9.17) is 11.5 Å². The first-order valence-electron chi connectivity index (χ1n) is 3.94. The molecule has 0 atom stereocenters. The van der Waals surface area contributed by atoms with Crippen LogP contribution in [0.25, 0.3) is 0 Å². The Kier molecular flexibility index (Phi) is 3.35. The molecule has 4 nitrogen and oxygen atoms in total. The summed E-state index contributed by atoms with van der Waals surface area (Å²) in [5, 5.41) is 0. The van der Waals surface area contributed by atoms with E-state index in [-0.39, 0.29) is 12.4 Å². The number of ether oxygens (including phenoxy) is 1. The fourth-order valence-electron chi connectivity index (χ4n) is 1.03. The molecule has 0 heterocycles. The van der Waals surface area contributed by atoms with Crippen LogP contribution in [0.3, 0.4) is 0 Å². The summed E-state index contributed by atoms with van der Waals surface area (Å²) in [7, 11) is 1.33. The van der Waals surface area contributed by atoms with E-state index < -0.39 is 0 Å². The van der Waals surface area contributed by atoms with Crippen molar-refractivity contribution in [1.29, 1.82) is 0 Å². The minimum atomic E-state index is -0.335. The lowest BCUT2D eigenvalue weighted by molar-refractivity contribution is -0.139. The van der Waals surface area contributed by atoms with Gasteiger partial charge in [0.05, 0.1) is 13.5 Å². The summed E-state index contributed by atoms with van der Waals surface area (Å²) in [4.78, 5) is 11.0. The topological polar surface area (TPSA) is 78.3 Å². The Hall–Kier alpha value is -1.23. The summed E-state index contributed by atoms with van der Waals surface area (Å²) in [5.41, 5.74) is 13.1. The molecule has 0 aliphatic carbocycles. The molecule has 5 heteroatoms. The van der Waals surface area contributed by atoms with Crippen LogP contribution in [0.15, 0.2) is 16.6 Å². The first kappa shape index (κ1) is 10.8. The van der Waals surface area contributed by atoms with Crippen LogP contribution in [-0.4, -0.2) is 13.1 Å². The molecule has 1 rings (SSSR count). The Morgan fingerprint density at radius 1 is 1.43 bits per heavy atom. The number of benzene rings is 1. The molecule has 0 aliphatic rings. The second-order valence-electron chi connectivity index (χ2n) is 2.83. The molecule has 1 aromatic rings. The van der Waals surface area contributed by atoms with Gasteiger partial charge in [-0.2, -0.15) is 0 Å². The summed E-state index contributed by atoms with van der Waals surface area (Å²) >= 11 is 3.24. The molecule has 0 unspecified atom stereocenters. The number of hydrogen-bond donors (Lipinski definition) is 2. The van der Waals surface area contributed by atoms with Crippen LogP contribution in [0, 0.1) is 0 Å². The Morgan fingerprint density at radius 3 is 2.64 bits per heavy atom. The first-order chi connectivity index (χ1) is 6.54. The van der Waals surface area contributed by atoms with E-state index >= 15 is 0 Å². The zero-order chi connectivity index (χ0) is 10.7. The second-order valence-corrected chi connectivity index (χ2v) is 3.68. The third-order valence-electron chi connectivity index (χ3n) is 1.82. The van der Waals surface area contributed by atoms with E-state index in [0.29, 0.717) is 16.9 Å². The molecule has 76 valence electrons. The van der Waals surface area contributed by atoms with Gasteiger partial charge in [-0.05, 0) is 33.6 Å². The van der Waals surface area contributed by atoms with E-state index in [1.54, 1.807) is 12.1 Å². The number of esters is 1. The lowest BCUT2D eigenvalue weighted by Crippen LogP contribution is -2.07. The van der Waals surface area contributed by atoms with Gasteiger partial charge in [0.15, 0.2) is 0 Å². The van der Waals surface area contributed by atoms with Crippen molar-refractivity contribution in [3.05, 3.63) is 22.2 Å². The lowest BCUT2D eigenvalue weighted by Gasteiger charge is -2.07. The van der Waals surface area contributed by atoms with Crippen molar-refractivity contribution >= 4 is 33.3 Å². The fourth-order valence-corrected chi connectivity index (χ4v) is 1.39. The number of nitrogen functional groups attached to an aromatic ring is 2. The van der Waals surface area contributed by atoms with Gasteiger partial charge in [0.2, 0.25) is 0 Å². The minimum absolute atomic E-state index is 0.139. The number of nitrogens with two attached hydrogens (primary N) is 2. The first-order valence-corrected chi connectivity index (χ1v) is 4.74. The summed E-state index contributed by atoms with van der Waals surface area (Å²) in [5.74, 6) is -0.335. The molecule has 0 fully saturated rings.